The highest BCUT2D eigenvalue weighted by molar-refractivity contribution is 5.76. The van der Waals surface area contributed by atoms with E-state index in [0.29, 0.717) is 12.8 Å². The summed E-state index contributed by atoms with van der Waals surface area (Å²) in [5.41, 5.74) is 1.04. The summed E-state index contributed by atoms with van der Waals surface area (Å²) in [6.45, 7) is 1.92. The van der Waals surface area contributed by atoms with Crippen LogP contribution >= 0.6 is 0 Å². The zero-order valence-corrected chi connectivity index (χ0v) is 11.9. The minimum atomic E-state index is -0.0968. The second-order valence-corrected chi connectivity index (χ2v) is 4.69. The molecule has 1 N–H and O–H groups in total. The molecule has 0 aromatic heterocycles. The predicted molar refractivity (Wildman–Crippen MR) is 74.7 cm³/mol. The molecular weight excluding hydrogens is 242 g/mol. The van der Waals surface area contributed by atoms with Crippen LogP contribution in [0, 0.1) is 0 Å². The molecule has 2 unspecified atom stereocenters. The van der Waals surface area contributed by atoms with Crippen LogP contribution in [0.3, 0.4) is 0 Å². The lowest BCUT2D eigenvalue weighted by Crippen LogP contribution is -2.33. The normalized spacial score (nSPS) is 13.9. The third-order valence-corrected chi connectivity index (χ3v) is 3.31. The van der Waals surface area contributed by atoms with Gasteiger partial charge < -0.3 is 14.7 Å². The molecule has 0 radical (unpaired) electrons. The summed E-state index contributed by atoms with van der Waals surface area (Å²) in [5, 5.41) is 9.19. The van der Waals surface area contributed by atoms with Crippen LogP contribution in [-0.2, 0) is 9.53 Å². The molecule has 0 saturated carbocycles. The van der Waals surface area contributed by atoms with E-state index in [0.717, 1.165) is 5.56 Å². The van der Waals surface area contributed by atoms with Gasteiger partial charge >= 0.3 is 0 Å². The van der Waals surface area contributed by atoms with Crippen LogP contribution in [0.4, 0.5) is 0 Å². The minimum absolute atomic E-state index is 0.0247. The van der Waals surface area contributed by atoms with Gasteiger partial charge in [0.15, 0.2) is 0 Å². The van der Waals surface area contributed by atoms with E-state index in [1.807, 2.05) is 37.3 Å². The van der Waals surface area contributed by atoms with Gasteiger partial charge in [0.05, 0.1) is 18.6 Å². The molecule has 1 amide bonds. The number of aliphatic hydroxyl groups excluding tert-OH is 1. The maximum atomic E-state index is 12.2. The van der Waals surface area contributed by atoms with E-state index in [2.05, 4.69) is 0 Å². The van der Waals surface area contributed by atoms with E-state index in [1.54, 1.807) is 19.1 Å². The first kappa shape index (κ1) is 15.7. The fourth-order valence-corrected chi connectivity index (χ4v) is 2.03. The Balaban J connectivity index is 2.78. The number of carbonyl (C=O) groups is 1. The number of nitrogens with zero attached hydrogens (tertiary/aromatic N) is 1. The Morgan fingerprint density at radius 2 is 2.00 bits per heavy atom. The Labute approximate surface area is 115 Å². The molecule has 0 fully saturated rings. The smallest absolute Gasteiger partial charge is 0.225 e. The van der Waals surface area contributed by atoms with Crippen molar-refractivity contribution in [3.63, 3.8) is 0 Å². The maximum absolute atomic E-state index is 12.2. The first-order valence-corrected chi connectivity index (χ1v) is 6.54. The lowest BCUT2D eigenvalue weighted by molar-refractivity contribution is -0.134. The molecule has 1 aromatic carbocycles. The number of rotatable bonds is 7. The number of ether oxygens (including phenoxy) is 1. The third kappa shape index (κ3) is 4.65. The number of aliphatic hydroxyl groups is 1. The molecule has 2 atom stereocenters. The van der Waals surface area contributed by atoms with Crippen molar-refractivity contribution in [2.24, 2.45) is 0 Å². The second kappa shape index (κ2) is 7.92. The van der Waals surface area contributed by atoms with Gasteiger partial charge in [0.1, 0.15) is 0 Å². The van der Waals surface area contributed by atoms with Crippen LogP contribution in [0.15, 0.2) is 30.3 Å². The summed E-state index contributed by atoms with van der Waals surface area (Å²) in [5.74, 6) is 0.0247. The van der Waals surface area contributed by atoms with Crippen molar-refractivity contribution < 1.29 is 14.6 Å². The average Bonchev–Trinajstić information content (AvgIpc) is 2.44. The first-order valence-electron chi connectivity index (χ1n) is 6.54. The minimum Gasteiger partial charge on any atom is -0.396 e. The number of hydrogen-bond donors (Lipinski definition) is 1. The van der Waals surface area contributed by atoms with Gasteiger partial charge in [-0.2, -0.15) is 0 Å². The lowest BCUT2D eigenvalue weighted by Gasteiger charge is -2.29. The summed E-state index contributed by atoms with van der Waals surface area (Å²) in [7, 11) is 3.37. The highest BCUT2D eigenvalue weighted by Crippen LogP contribution is 2.23. The molecule has 19 heavy (non-hydrogen) atoms. The summed E-state index contributed by atoms with van der Waals surface area (Å²) in [4.78, 5) is 13.9. The molecule has 0 spiro atoms. The number of carbonyl (C=O) groups excluding carboxylic acids is 1. The van der Waals surface area contributed by atoms with E-state index < -0.39 is 0 Å². The van der Waals surface area contributed by atoms with Crippen LogP contribution in [-0.4, -0.2) is 42.8 Å². The molecule has 0 heterocycles. The van der Waals surface area contributed by atoms with Crippen LogP contribution < -0.4 is 0 Å². The van der Waals surface area contributed by atoms with Gasteiger partial charge in [-0.1, -0.05) is 30.3 Å². The van der Waals surface area contributed by atoms with Crippen molar-refractivity contribution in [1.82, 2.24) is 4.90 Å². The van der Waals surface area contributed by atoms with E-state index in [9.17, 15) is 9.90 Å². The molecule has 4 nitrogen and oxygen atoms in total. The molecule has 0 aliphatic heterocycles. The third-order valence-electron chi connectivity index (χ3n) is 3.31. The van der Waals surface area contributed by atoms with E-state index >= 15 is 0 Å². The topological polar surface area (TPSA) is 49.8 Å². The van der Waals surface area contributed by atoms with Crippen molar-refractivity contribution in [3.05, 3.63) is 35.9 Å². The van der Waals surface area contributed by atoms with Gasteiger partial charge in [-0.05, 0) is 18.9 Å². The SMILES string of the molecule is COC(C)CC(=O)N(C)C(CCO)c1ccccc1. The van der Waals surface area contributed by atoms with Gasteiger partial charge in [-0.25, -0.2) is 0 Å². The summed E-state index contributed by atoms with van der Waals surface area (Å²) in [6.07, 6.45) is 0.788. The van der Waals surface area contributed by atoms with Gasteiger partial charge in [-0.3, -0.25) is 4.79 Å². The molecule has 0 bridgehead atoms. The summed E-state index contributed by atoms with van der Waals surface area (Å²) in [6, 6.07) is 9.68. The Morgan fingerprint density at radius 1 is 1.37 bits per heavy atom. The molecule has 1 rings (SSSR count). The highest BCUT2D eigenvalue weighted by Gasteiger charge is 2.22. The fourth-order valence-electron chi connectivity index (χ4n) is 2.03. The monoisotopic (exact) mass is 265 g/mol. The Morgan fingerprint density at radius 3 is 2.53 bits per heavy atom. The standard InChI is InChI=1S/C15H23NO3/c1-12(19-3)11-15(18)16(2)14(9-10-17)13-7-5-4-6-8-13/h4-8,12,14,17H,9-11H2,1-3H3. The maximum Gasteiger partial charge on any atom is 0.225 e. The zero-order valence-electron chi connectivity index (χ0n) is 11.9. The van der Waals surface area contributed by atoms with E-state index in [-0.39, 0.29) is 24.7 Å². The van der Waals surface area contributed by atoms with Gasteiger partial charge in [0.2, 0.25) is 5.91 Å². The highest BCUT2D eigenvalue weighted by atomic mass is 16.5. The van der Waals surface area contributed by atoms with Crippen LogP contribution in [0.2, 0.25) is 0 Å². The number of hydrogen-bond acceptors (Lipinski definition) is 3. The van der Waals surface area contributed by atoms with Crippen molar-refractivity contribution in [3.8, 4) is 0 Å². The molecule has 0 aliphatic rings. The fraction of sp³-hybridized carbons (Fsp3) is 0.533. The molecule has 0 saturated heterocycles. The quantitative estimate of drug-likeness (QED) is 0.820. The van der Waals surface area contributed by atoms with Crippen LogP contribution in [0.25, 0.3) is 0 Å². The molecular formula is C15H23NO3. The van der Waals surface area contributed by atoms with Crippen LogP contribution in [0.5, 0.6) is 0 Å². The van der Waals surface area contributed by atoms with E-state index in [1.165, 1.54) is 0 Å². The average molecular weight is 265 g/mol. The van der Waals surface area contributed by atoms with E-state index in [4.69, 9.17) is 4.74 Å². The summed E-state index contributed by atoms with van der Waals surface area (Å²) < 4.78 is 5.12. The Bertz CT molecular complexity index is 380. The van der Waals surface area contributed by atoms with Crippen molar-refractivity contribution >= 4 is 5.91 Å². The van der Waals surface area contributed by atoms with Gasteiger partial charge in [-0.15, -0.1) is 0 Å². The number of amides is 1. The molecule has 4 heteroatoms. The molecule has 106 valence electrons. The molecule has 1 aromatic rings. The first-order chi connectivity index (χ1) is 9.10. The van der Waals surface area contributed by atoms with Crippen molar-refractivity contribution in [2.75, 3.05) is 20.8 Å². The zero-order chi connectivity index (χ0) is 14.3. The number of benzene rings is 1. The van der Waals surface area contributed by atoms with Crippen molar-refractivity contribution in [1.29, 1.82) is 0 Å². The van der Waals surface area contributed by atoms with Crippen LogP contribution in [0.1, 0.15) is 31.4 Å². The Kier molecular flexibility index (Phi) is 6.53. The predicted octanol–water partition coefficient (Wildman–Crippen LogP) is 1.99. The lowest BCUT2D eigenvalue weighted by atomic mass is 10.0. The van der Waals surface area contributed by atoms with Gasteiger partial charge in [0.25, 0.3) is 0 Å². The largest absolute Gasteiger partial charge is 0.396 e. The number of methoxy groups -OCH3 is 1. The van der Waals surface area contributed by atoms with Gasteiger partial charge in [0, 0.05) is 20.8 Å². The Hall–Kier alpha value is -1.39. The van der Waals surface area contributed by atoms with Crippen molar-refractivity contribution in [2.45, 2.75) is 31.9 Å². The second-order valence-electron chi connectivity index (χ2n) is 4.69. The molecule has 0 aliphatic carbocycles. The summed E-state index contributed by atoms with van der Waals surface area (Å²) >= 11 is 0.